The highest BCUT2D eigenvalue weighted by atomic mass is 16.6. The van der Waals surface area contributed by atoms with Crippen molar-refractivity contribution in [2.75, 3.05) is 5.32 Å². The molecule has 8 heteroatoms. The molecule has 0 saturated carbocycles. The Balaban J connectivity index is 2.03. The van der Waals surface area contributed by atoms with Crippen LogP contribution in [-0.4, -0.2) is 22.4 Å². The number of carbonyl (C=O) groups is 2. The third-order valence-corrected chi connectivity index (χ3v) is 3.29. The zero-order valence-corrected chi connectivity index (χ0v) is 13.6. The van der Waals surface area contributed by atoms with Crippen LogP contribution >= 0.6 is 0 Å². The van der Waals surface area contributed by atoms with Gasteiger partial charge in [-0.2, -0.15) is 5.10 Å². The molecule has 0 spiro atoms. The lowest BCUT2D eigenvalue weighted by molar-refractivity contribution is -0.384. The maximum atomic E-state index is 12.0. The Labute approximate surface area is 143 Å². The van der Waals surface area contributed by atoms with Crippen LogP contribution in [0.1, 0.15) is 29.8 Å². The molecule has 0 aromatic heterocycles. The molecule has 0 aliphatic carbocycles. The average Bonchev–Trinajstić information content (AvgIpc) is 2.59. The van der Waals surface area contributed by atoms with Crippen molar-refractivity contribution in [3.8, 4) is 0 Å². The standard InChI is InChI=1S/C17H16N4O4/c1-11(13-3-7-15(8-4-13)18-12(2)22)19-20-17(23)14-5-9-16(10-6-14)21(24)25/h3-10H,1-2H3,(H,18,22)(H,20,23)/b19-11-. The van der Waals surface area contributed by atoms with Crippen LogP contribution in [0, 0.1) is 10.1 Å². The number of nitrogens with zero attached hydrogens (tertiary/aromatic N) is 2. The van der Waals surface area contributed by atoms with E-state index in [1.165, 1.54) is 31.2 Å². The fourth-order valence-electron chi connectivity index (χ4n) is 2.00. The van der Waals surface area contributed by atoms with Crippen LogP contribution in [0.2, 0.25) is 0 Å². The number of hydrogen-bond acceptors (Lipinski definition) is 5. The van der Waals surface area contributed by atoms with Gasteiger partial charge in [0.25, 0.3) is 11.6 Å². The Morgan fingerprint density at radius 2 is 1.52 bits per heavy atom. The molecule has 25 heavy (non-hydrogen) atoms. The van der Waals surface area contributed by atoms with Crippen LogP contribution in [-0.2, 0) is 4.79 Å². The number of nitro benzene ring substituents is 1. The highest BCUT2D eigenvalue weighted by molar-refractivity contribution is 6.01. The number of carbonyl (C=O) groups excluding carboxylic acids is 2. The van der Waals surface area contributed by atoms with Crippen LogP contribution in [0.4, 0.5) is 11.4 Å². The summed E-state index contributed by atoms with van der Waals surface area (Å²) < 4.78 is 0. The number of hydrazone groups is 1. The summed E-state index contributed by atoms with van der Waals surface area (Å²) in [6.45, 7) is 3.15. The first-order valence-electron chi connectivity index (χ1n) is 7.34. The van der Waals surface area contributed by atoms with Gasteiger partial charge in [-0.15, -0.1) is 0 Å². The minimum atomic E-state index is -0.533. The Morgan fingerprint density at radius 3 is 2.04 bits per heavy atom. The van der Waals surface area contributed by atoms with Gasteiger partial charge >= 0.3 is 0 Å². The van der Waals surface area contributed by atoms with E-state index in [0.717, 1.165) is 5.56 Å². The Kier molecular flexibility index (Phi) is 5.57. The van der Waals surface area contributed by atoms with E-state index in [-0.39, 0.29) is 17.2 Å². The second kappa shape index (κ2) is 7.82. The summed E-state index contributed by atoms with van der Waals surface area (Å²) in [6, 6.07) is 12.2. The maximum Gasteiger partial charge on any atom is 0.271 e. The third kappa shape index (κ3) is 4.96. The average molecular weight is 340 g/mol. The molecule has 8 nitrogen and oxygen atoms in total. The monoisotopic (exact) mass is 340 g/mol. The minimum Gasteiger partial charge on any atom is -0.326 e. The predicted octanol–water partition coefficient (Wildman–Crippen LogP) is 2.71. The fraction of sp³-hybridized carbons (Fsp3) is 0.118. The smallest absolute Gasteiger partial charge is 0.271 e. The number of nitrogens with one attached hydrogen (secondary N) is 2. The normalized spacial score (nSPS) is 10.9. The molecule has 0 unspecified atom stereocenters. The summed E-state index contributed by atoms with van der Waals surface area (Å²) >= 11 is 0. The number of hydrogen-bond donors (Lipinski definition) is 2. The second-order valence-corrected chi connectivity index (χ2v) is 5.20. The molecule has 2 rings (SSSR count). The van der Waals surface area contributed by atoms with E-state index in [0.29, 0.717) is 11.4 Å². The summed E-state index contributed by atoms with van der Waals surface area (Å²) in [5.41, 5.74) is 4.60. The van der Waals surface area contributed by atoms with Gasteiger partial charge in [0, 0.05) is 30.3 Å². The molecule has 0 bridgehead atoms. The van der Waals surface area contributed by atoms with Crippen molar-refractivity contribution in [3.05, 3.63) is 69.8 Å². The van der Waals surface area contributed by atoms with Crippen LogP contribution in [0.3, 0.4) is 0 Å². The summed E-state index contributed by atoms with van der Waals surface area (Å²) in [4.78, 5) is 33.0. The third-order valence-electron chi connectivity index (χ3n) is 3.29. The van der Waals surface area contributed by atoms with Gasteiger partial charge in [-0.05, 0) is 36.8 Å². The zero-order valence-electron chi connectivity index (χ0n) is 13.6. The molecular formula is C17H16N4O4. The van der Waals surface area contributed by atoms with Gasteiger partial charge in [-0.25, -0.2) is 5.43 Å². The summed E-state index contributed by atoms with van der Waals surface area (Å²) in [5, 5.41) is 17.3. The molecule has 0 radical (unpaired) electrons. The van der Waals surface area contributed by atoms with Crippen molar-refractivity contribution in [2.45, 2.75) is 13.8 Å². The predicted molar refractivity (Wildman–Crippen MR) is 93.5 cm³/mol. The fourth-order valence-corrected chi connectivity index (χ4v) is 2.00. The topological polar surface area (TPSA) is 114 Å². The quantitative estimate of drug-likeness (QED) is 0.495. The van der Waals surface area contributed by atoms with Crippen LogP contribution in [0.5, 0.6) is 0 Å². The number of amides is 2. The summed E-state index contributed by atoms with van der Waals surface area (Å²) in [7, 11) is 0. The lowest BCUT2D eigenvalue weighted by Crippen LogP contribution is -2.19. The van der Waals surface area contributed by atoms with Crippen molar-refractivity contribution < 1.29 is 14.5 Å². The molecule has 0 fully saturated rings. The molecule has 2 aromatic rings. The first-order valence-corrected chi connectivity index (χ1v) is 7.34. The maximum absolute atomic E-state index is 12.0. The molecule has 0 heterocycles. The first-order chi connectivity index (χ1) is 11.9. The van der Waals surface area contributed by atoms with Gasteiger partial charge in [0.15, 0.2) is 0 Å². The summed E-state index contributed by atoms with van der Waals surface area (Å²) in [6.07, 6.45) is 0. The highest BCUT2D eigenvalue weighted by Crippen LogP contribution is 2.12. The molecule has 0 aliphatic heterocycles. The molecule has 0 aliphatic rings. The number of benzene rings is 2. The molecule has 128 valence electrons. The van der Waals surface area contributed by atoms with Gasteiger partial charge in [-0.3, -0.25) is 19.7 Å². The van der Waals surface area contributed by atoms with Gasteiger partial charge in [-0.1, -0.05) is 12.1 Å². The number of rotatable bonds is 5. The van der Waals surface area contributed by atoms with E-state index in [9.17, 15) is 19.7 Å². The van der Waals surface area contributed by atoms with E-state index in [1.54, 1.807) is 31.2 Å². The van der Waals surface area contributed by atoms with E-state index in [2.05, 4.69) is 15.8 Å². The first kappa shape index (κ1) is 17.8. The van der Waals surface area contributed by atoms with Gasteiger partial charge in [0.05, 0.1) is 10.6 Å². The molecule has 2 aromatic carbocycles. The van der Waals surface area contributed by atoms with E-state index >= 15 is 0 Å². The van der Waals surface area contributed by atoms with E-state index < -0.39 is 10.8 Å². The zero-order chi connectivity index (χ0) is 18.4. The van der Waals surface area contributed by atoms with E-state index in [1.807, 2.05) is 0 Å². The Morgan fingerprint density at radius 1 is 0.960 bits per heavy atom. The highest BCUT2D eigenvalue weighted by Gasteiger charge is 2.09. The Hall–Kier alpha value is -3.55. The number of nitro groups is 1. The molecule has 0 saturated heterocycles. The van der Waals surface area contributed by atoms with Crippen LogP contribution in [0.15, 0.2) is 53.6 Å². The molecular weight excluding hydrogens is 324 g/mol. The van der Waals surface area contributed by atoms with Crippen LogP contribution < -0.4 is 10.7 Å². The number of non-ortho nitro benzene ring substituents is 1. The van der Waals surface area contributed by atoms with Crippen molar-refractivity contribution in [2.24, 2.45) is 5.10 Å². The largest absolute Gasteiger partial charge is 0.326 e. The van der Waals surface area contributed by atoms with Crippen molar-refractivity contribution in [1.82, 2.24) is 5.43 Å². The lowest BCUT2D eigenvalue weighted by atomic mass is 10.1. The lowest BCUT2D eigenvalue weighted by Gasteiger charge is -2.05. The molecule has 2 amide bonds. The van der Waals surface area contributed by atoms with Crippen LogP contribution in [0.25, 0.3) is 0 Å². The minimum absolute atomic E-state index is 0.0875. The van der Waals surface area contributed by atoms with Crippen molar-refractivity contribution >= 4 is 28.9 Å². The van der Waals surface area contributed by atoms with Gasteiger partial charge < -0.3 is 5.32 Å². The van der Waals surface area contributed by atoms with E-state index in [4.69, 9.17) is 0 Å². The molecule has 2 N–H and O–H groups in total. The van der Waals surface area contributed by atoms with Crippen molar-refractivity contribution in [1.29, 1.82) is 0 Å². The van der Waals surface area contributed by atoms with Crippen molar-refractivity contribution in [3.63, 3.8) is 0 Å². The van der Waals surface area contributed by atoms with Gasteiger partial charge in [0.2, 0.25) is 5.91 Å². The number of anilines is 1. The SMILES string of the molecule is CC(=O)Nc1ccc(/C(C)=N\NC(=O)c2ccc([N+](=O)[O-])cc2)cc1. The Bertz CT molecular complexity index is 827. The van der Waals surface area contributed by atoms with Gasteiger partial charge in [0.1, 0.15) is 0 Å². The summed E-state index contributed by atoms with van der Waals surface area (Å²) in [5.74, 6) is -0.627. The second-order valence-electron chi connectivity index (χ2n) is 5.20. The molecule has 0 atom stereocenters.